The maximum atomic E-state index is 9.44. The summed E-state index contributed by atoms with van der Waals surface area (Å²) in [6.45, 7) is 6.21. The average molecular weight is 274 g/mol. The van der Waals surface area contributed by atoms with Crippen molar-refractivity contribution in [2.45, 2.75) is 51.8 Å². The zero-order valence-electron chi connectivity index (χ0n) is 12.6. The van der Waals surface area contributed by atoms with E-state index in [0.717, 1.165) is 35.5 Å². The number of nitrogens with zero attached hydrogens (tertiary/aromatic N) is 1. The largest absolute Gasteiger partial charge is 0.496 e. The highest BCUT2D eigenvalue weighted by Gasteiger charge is 2.25. The van der Waals surface area contributed by atoms with E-state index in [2.05, 4.69) is 25.2 Å². The van der Waals surface area contributed by atoms with Crippen LogP contribution in [0.4, 0.5) is 0 Å². The number of fused-ring (bicyclic) bond motifs is 1. The van der Waals surface area contributed by atoms with Crippen LogP contribution in [-0.4, -0.2) is 19.3 Å². The summed E-state index contributed by atoms with van der Waals surface area (Å²) in [4.78, 5) is 0. The maximum Gasteiger partial charge on any atom is 0.125 e. The van der Waals surface area contributed by atoms with Crippen LogP contribution in [0.1, 0.15) is 44.4 Å². The SMILES string of the molecule is CCC(C)NC(C#N)c1cc2c(cc1OC)CC(C)O2. The lowest BCUT2D eigenvalue weighted by atomic mass is 10.0. The van der Waals surface area contributed by atoms with Crippen LogP contribution in [-0.2, 0) is 6.42 Å². The Hall–Kier alpha value is -1.73. The molecule has 0 fully saturated rings. The van der Waals surface area contributed by atoms with Gasteiger partial charge in [-0.05, 0) is 32.4 Å². The number of nitriles is 1. The van der Waals surface area contributed by atoms with Crippen LogP contribution in [0.3, 0.4) is 0 Å². The van der Waals surface area contributed by atoms with E-state index >= 15 is 0 Å². The fraction of sp³-hybridized carbons (Fsp3) is 0.562. The quantitative estimate of drug-likeness (QED) is 0.897. The van der Waals surface area contributed by atoms with E-state index in [4.69, 9.17) is 9.47 Å². The minimum Gasteiger partial charge on any atom is -0.496 e. The van der Waals surface area contributed by atoms with Gasteiger partial charge in [0.2, 0.25) is 0 Å². The van der Waals surface area contributed by atoms with Crippen LogP contribution in [0.15, 0.2) is 12.1 Å². The Kier molecular flexibility index (Phi) is 4.51. The van der Waals surface area contributed by atoms with Crippen molar-refractivity contribution < 1.29 is 9.47 Å². The molecule has 0 amide bonds. The standard InChI is InChI=1S/C16H22N2O2/c1-5-10(2)18-14(9-17)13-8-15-12(6-11(3)20-15)7-16(13)19-4/h7-8,10-11,14,18H,5-6H2,1-4H3. The zero-order valence-corrected chi connectivity index (χ0v) is 12.6. The normalized spacial score (nSPS) is 19.6. The molecule has 108 valence electrons. The van der Waals surface area contributed by atoms with Crippen molar-refractivity contribution in [1.82, 2.24) is 5.32 Å². The first-order chi connectivity index (χ1) is 9.58. The summed E-state index contributed by atoms with van der Waals surface area (Å²) >= 11 is 0. The van der Waals surface area contributed by atoms with Gasteiger partial charge in [-0.15, -0.1) is 0 Å². The van der Waals surface area contributed by atoms with Crippen LogP contribution in [0.2, 0.25) is 0 Å². The van der Waals surface area contributed by atoms with Gasteiger partial charge in [0.05, 0.1) is 13.2 Å². The molecule has 4 heteroatoms. The molecule has 0 aliphatic carbocycles. The van der Waals surface area contributed by atoms with Crippen molar-refractivity contribution >= 4 is 0 Å². The van der Waals surface area contributed by atoms with Gasteiger partial charge in [-0.3, -0.25) is 5.32 Å². The monoisotopic (exact) mass is 274 g/mol. The third-order valence-corrected chi connectivity index (χ3v) is 3.75. The molecule has 1 aliphatic rings. The van der Waals surface area contributed by atoms with Gasteiger partial charge in [0.25, 0.3) is 0 Å². The third kappa shape index (κ3) is 2.88. The number of hydrogen-bond acceptors (Lipinski definition) is 4. The molecule has 1 N–H and O–H groups in total. The predicted molar refractivity (Wildman–Crippen MR) is 78.0 cm³/mol. The maximum absolute atomic E-state index is 9.44. The van der Waals surface area contributed by atoms with Crippen LogP contribution in [0.25, 0.3) is 0 Å². The molecule has 0 saturated carbocycles. The second-order valence-corrected chi connectivity index (χ2v) is 5.37. The number of hydrogen-bond donors (Lipinski definition) is 1. The molecule has 3 unspecified atom stereocenters. The second kappa shape index (κ2) is 6.15. The molecule has 3 atom stereocenters. The van der Waals surface area contributed by atoms with Gasteiger partial charge >= 0.3 is 0 Å². The molecule has 1 aliphatic heterocycles. The second-order valence-electron chi connectivity index (χ2n) is 5.37. The average Bonchev–Trinajstić information content (AvgIpc) is 2.81. The lowest BCUT2D eigenvalue weighted by Crippen LogP contribution is -2.29. The van der Waals surface area contributed by atoms with E-state index < -0.39 is 0 Å². The molecule has 1 heterocycles. The summed E-state index contributed by atoms with van der Waals surface area (Å²) in [6.07, 6.45) is 2.05. The van der Waals surface area contributed by atoms with Crippen LogP contribution < -0.4 is 14.8 Å². The van der Waals surface area contributed by atoms with E-state index in [1.807, 2.05) is 19.1 Å². The topological polar surface area (TPSA) is 54.3 Å². The summed E-state index contributed by atoms with van der Waals surface area (Å²) < 4.78 is 11.2. The molecule has 0 saturated heterocycles. The summed E-state index contributed by atoms with van der Waals surface area (Å²) in [7, 11) is 1.64. The highest BCUT2D eigenvalue weighted by atomic mass is 16.5. The van der Waals surface area contributed by atoms with Crippen molar-refractivity contribution in [3.05, 3.63) is 23.3 Å². The highest BCUT2D eigenvalue weighted by molar-refractivity contribution is 5.51. The number of nitrogens with one attached hydrogen (secondary N) is 1. The number of methoxy groups -OCH3 is 1. The Bertz CT molecular complexity index is 522. The summed E-state index contributed by atoms with van der Waals surface area (Å²) in [5.74, 6) is 1.63. The van der Waals surface area contributed by atoms with E-state index in [9.17, 15) is 5.26 Å². The molecule has 1 aromatic rings. The van der Waals surface area contributed by atoms with Crippen molar-refractivity contribution in [1.29, 1.82) is 5.26 Å². The number of rotatable bonds is 5. The molecular formula is C16H22N2O2. The molecule has 20 heavy (non-hydrogen) atoms. The first-order valence-electron chi connectivity index (χ1n) is 7.12. The fourth-order valence-electron chi connectivity index (χ4n) is 2.46. The molecule has 0 bridgehead atoms. The Morgan fingerprint density at radius 3 is 2.90 bits per heavy atom. The predicted octanol–water partition coefficient (Wildman–Crippen LogP) is 2.97. The van der Waals surface area contributed by atoms with Gasteiger partial charge in [0, 0.05) is 23.6 Å². The van der Waals surface area contributed by atoms with Gasteiger partial charge in [-0.25, -0.2) is 0 Å². The summed E-state index contributed by atoms with van der Waals surface area (Å²) in [5, 5.41) is 12.7. The van der Waals surface area contributed by atoms with Crippen molar-refractivity contribution in [3.8, 4) is 17.6 Å². The Morgan fingerprint density at radius 1 is 1.55 bits per heavy atom. The van der Waals surface area contributed by atoms with Crippen LogP contribution in [0, 0.1) is 11.3 Å². The van der Waals surface area contributed by atoms with Crippen LogP contribution in [0.5, 0.6) is 11.5 Å². The minimum absolute atomic E-state index is 0.188. The van der Waals surface area contributed by atoms with Crippen molar-refractivity contribution in [2.75, 3.05) is 7.11 Å². The van der Waals surface area contributed by atoms with Gasteiger partial charge in [-0.2, -0.15) is 5.26 Å². The molecule has 1 aromatic carbocycles. The number of benzene rings is 1. The minimum atomic E-state index is -0.385. The van der Waals surface area contributed by atoms with E-state index in [1.165, 1.54) is 0 Å². The number of ether oxygens (including phenoxy) is 2. The van der Waals surface area contributed by atoms with E-state index in [1.54, 1.807) is 7.11 Å². The lowest BCUT2D eigenvalue weighted by molar-refractivity contribution is 0.254. The molecule has 4 nitrogen and oxygen atoms in total. The van der Waals surface area contributed by atoms with Gasteiger partial charge in [-0.1, -0.05) is 6.92 Å². The Balaban J connectivity index is 2.35. The molecule has 0 radical (unpaired) electrons. The zero-order chi connectivity index (χ0) is 14.7. The molecular weight excluding hydrogens is 252 g/mol. The molecule has 0 spiro atoms. The molecule has 0 aromatic heterocycles. The summed E-state index contributed by atoms with van der Waals surface area (Å²) in [6, 6.07) is 6.15. The van der Waals surface area contributed by atoms with Gasteiger partial charge in [0.1, 0.15) is 23.6 Å². The highest BCUT2D eigenvalue weighted by Crippen LogP contribution is 2.37. The van der Waals surface area contributed by atoms with Crippen LogP contribution >= 0.6 is 0 Å². The van der Waals surface area contributed by atoms with Crippen molar-refractivity contribution in [2.24, 2.45) is 0 Å². The Labute approximate surface area is 120 Å². The molecule has 2 rings (SSSR count). The van der Waals surface area contributed by atoms with Crippen molar-refractivity contribution in [3.63, 3.8) is 0 Å². The summed E-state index contributed by atoms with van der Waals surface area (Å²) in [5.41, 5.74) is 2.00. The fourth-order valence-corrected chi connectivity index (χ4v) is 2.46. The van der Waals surface area contributed by atoms with Gasteiger partial charge in [0.15, 0.2) is 0 Å². The third-order valence-electron chi connectivity index (χ3n) is 3.75. The smallest absolute Gasteiger partial charge is 0.125 e. The lowest BCUT2D eigenvalue weighted by Gasteiger charge is -2.20. The van der Waals surface area contributed by atoms with E-state index in [0.29, 0.717) is 0 Å². The first-order valence-corrected chi connectivity index (χ1v) is 7.12. The first kappa shape index (κ1) is 14.7. The Morgan fingerprint density at radius 2 is 2.30 bits per heavy atom. The van der Waals surface area contributed by atoms with E-state index in [-0.39, 0.29) is 18.2 Å². The van der Waals surface area contributed by atoms with Gasteiger partial charge < -0.3 is 9.47 Å².